The van der Waals surface area contributed by atoms with E-state index in [9.17, 15) is 4.39 Å². The Balaban J connectivity index is 1.82. The topological polar surface area (TPSA) is 77.1 Å². The van der Waals surface area contributed by atoms with Crippen LogP contribution in [0.4, 0.5) is 15.8 Å². The Morgan fingerprint density at radius 3 is 2.53 bits per heavy atom. The van der Waals surface area contributed by atoms with Gasteiger partial charge < -0.3 is 16.1 Å². The van der Waals surface area contributed by atoms with Gasteiger partial charge in [-0.25, -0.2) is 4.98 Å². The van der Waals surface area contributed by atoms with E-state index in [2.05, 4.69) is 79.0 Å². The van der Waals surface area contributed by atoms with Crippen molar-refractivity contribution in [2.45, 2.75) is 60.0 Å². The lowest BCUT2D eigenvalue weighted by atomic mass is 9.96. The monoisotopic (exact) mass is 535 g/mol. The van der Waals surface area contributed by atoms with Gasteiger partial charge >= 0.3 is 0 Å². The largest absolute Gasteiger partial charge is 0.383 e. The predicted molar refractivity (Wildman–Crippen MR) is 154 cm³/mol. The molecule has 3 aromatic rings. The number of hydrazine groups is 2. The molecule has 2 aromatic heterocycles. The zero-order valence-electron chi connectivity index (χ0n) is 22.9. The zero-order chi connectivity index (χ0) is 27.8. The quantitative estimate of drug-likeness (QED) is 0.218. The van der Waals surface area contributed by atoms with Gasteiger partial charge in [-0.05, 0) is 51.3 Å². The molecule has 0 radical (unpaired) electrons. The maximum absolute atomic E-state index is 13.9. The second kappa shape index (κ2) is 10.3. The van der Waals surface area contributed by atoms with Crippen LogP contribution in [-0.2, 0) is 0 Å². The first-order valence-electron chi connectivity index (χ1n) is 12.5. The van der Waals surface area contributed by atoms with E-state index in [4.69, 9.17) is 18.0 Å². The number of hydrogen-bond acceptors (Lipinski definition) is 7. The van der Waals surface area contributed by atoms with Gasteiger partial charge in [-0.3, -0.25) is 9.99 Å². The predicted octanol–water partition coefficient (Wildman–Crippen LogP) is 6.29. The van der Waals surface area contributed by atoms with Gasteiger partial charge in [0.1, 0.15) is 0 Å². The van der Waals surface area contributed by atoms with Crippen molar-refractivity contribution in [1.82, 2.24) is 25.9 Å². The average Bonchev–Trinajstić information content (AvgIpc) is 3.31. The molecule has 4 N–H and O–H groups in total. The van der Waals surface area contributed by atoms with Gasteiger partial charge in [-0.1, -0.05) is 44.4 Å². The minimum atomic E-state index is -0.524. The molecule has 3 heterocycles. The molecule has 4 rings (SSSR count). The number of halogens is 2. The van der Waals surface area contributed by atoms with Crippen molar-refractivity contribution >= 4 is 33.9 Å². The summed E-state index contributed by atoms with van der Waals surface area (Å²) in [7, 11) is 0. The minimum Gasteiger partial charge on any atom is -0.383 e. The van der Waals surface area contributed by atoms with Gasteiger partial charge in [0, 0.05) is 46.8 Å². The van der Waals surface area contributed by atoms with E-state index in [1.807, 2.05) is 23.3 Å². The number of hydrogen-bond donors (Lipinski definition) is 4. The third-order valence-corrected chi connectivity index (χ3v) is 6.50. The van der Waals surface area contributed by atoms with Crippen LogP contribution in [0.15, 0.2) is 42.4 Å². The van der Waals surface area contributed by atoms with Crippen molar-refractivity contribution in [3.8, 4) is 12.3 Å². The number of terminal acetylenes is 1. The molecule has 1 aliphatic rings. The van der Waals surface area contributed by atoms with Crippen LogP contribution >= 0.6 is 11.6 Å². The maximum Gasteiger partial charge on any atom is 0.213 e. The number of fused-ring (bicyclic) bond motifs is 1. The summed E-state index contributed by atoms with van der Waals surface area (Å²) in [5.41, 5.74) is 11.4. The number of anilines is 2. The molecule has 1 aromatic carbocycles. The van der Waals surface area contributed by atoms with E-state index in [1.54, 1.807) is 19.2 Å². The zero-order valence-corrected chi connectivity index (χ0v) is 23.7. The Kier molecular flexibility index (Phi) is 7.46. The van der Waals surface area contributed by atoms with Crippen LogP contribution in [0, 0.1) is 30.6 Å². The van der Waals surface area contributed by atoms with Crippen LogP contribution in [0.1, 0.15) is 64.4 Å². The normalized spacial score (nSPS) is 14.6. The summed E-state index contributed by atoms with van der Waals surface area (Å²) in [6.45, 7) is 15.3. The fourth-order valence-electron chi connectivity index (χ4n) is 4.17. The van der Waals surface area contributed by atoms with Crippen molar-refractivity contribution in [1.29, 1.82) is 0 Å². The van der Waals surface area contributed by atoms with E-state index in [0.29, 0.717) is 28.3 Å². The highest BCUT2D eigenvalue weighted by atomic mass is 35.5. The number of pyridine rings is 2. The second-order valence-corrected chi connectivity index (χ2v) is 12.1. The maximum atomic E-state index is 13.9. The molecule has 0 bridgehead atoms. The summed E-state index contributed by atoms with van der Waals surface area (Å²) in [4.78, 5) is 8.60. The number of aromatic nitrogens is 2. The first kappa shape index (κ1) is 27.5. The lowest BCUT2D eigenvalue weighted by Gasteiger charge is -2.30. The minimum absolute atomic E-state index is 0.0336. The third-order valence-electron chi connectivity index (χ3n) is 6.21. The molecule has 0 saturated heterocycles. The van der Waals surface area contributed by atoms with E-state index in [1.165, 1.54) is 6.07 Å². The first-order chi connectivity index (χ1) is 17.8. The van der Waals surface area contributed by atoms with Crippen molar-refractivity contribution in [2.75, 3.05) is 17.2 Å². The average molecular weight is 536 g/mol. The van der Waals surface area contributed by atoms with Gasteiger partial charge in [-0.15, -0.1) is 12.0 Å². The Bertz CT molecular complexity index is 1430. The molecule has 7 nitrogen and oxygen atoms in total. The lowest BCUT2D eigenvalue weighted by molar-refractivity contribution is 0.138. The van der Waals surface area contributed by atoms with Gasteiger partial charge in [0.05, 0.1) is 33.5 Å². The Morgan fingerprint density at radius 1 is 1.18 bits per heavy atom. The summed E-state index contributed by atoms with van der Waals surface area (Å²) in [5.74, 6) is 2.22. The molecule has 200 valence electrons. The van der Waals surface area contributed by atoms with Crippen molar-refractivity contribution in [2.24, 2.45) is 5.41 Å². The summed E-state index contributed by atoms with van der Waals surface area (Å²) in [5, 5.41) is 10.4. The highest BCUT2D eigenvalue weighted by molar-refractivity contribution is 6.35. The van der Waals surface area contributed by atoms with Gasteiger partial charge in [0.25, 0.3) is 0 Å². The molecule has 0 spiro atoms. The van der Waals surface area contributed by atoms with Gasteiger partial charge in [0.15, 0.2) is 0 Å². The van der Waals surface area contributed by atoms with Gasteiger partial charge in [0.2, 0.25) is 5.95 Å². The van der Waals surface area contributed by atoms with Crippen LogP contribution in [0.25, 0.3) is 10.9 Å². The molecule has 0 saturated carbocycles. The summed E-state index contributed by atoms with van der Waals surface area (Å²) < 4.78 is 13.9. The Morgan fingerprint density at radius 2 is 1.92 bits per heavy atom. The van der Waals surface area contributed by atoms with Gasteiger partial charge in [-0.2, -0.15) is 4.39 Å². The molecule has 9 heteroatoms. The van der Waals surface area contributed by atoms with E-state index < -0.39 is 5.95 Å². The summed E-state index contributed by atoms with van der Waals surface area (Å²) in [6.07, 6.45) is 9.50. The highest BCUT2D eigenvalue weighted by Gasteiger charge is 2.29. The highest BCUT2D eigenvalue weighted by Crippen LogP contribution is 2.36. The van der Waals surface area contributed by atoms with Crippen molar-refractivity contribution in [3.05, 3.63) is 70.2 Å². The van der Waals surface area contributed by atoms with Crippen LogP contribution < -0.4 is 21.6 Å². The van der Waals surface area contributed by atoms with Crippen molar-refractivity contribution in [3.63, 3.8) is 0 Å². The SMILES string of the molecule is C#Cc1cnc2c(Cl)cc(N[C@H](C3=CN(C(C)(C)C)NN3)c3ccc(F)nc3C)cc2c1NCC(C)(C)C. The van der Waals surface area contributed by atoms with Crippen LogP contribution in [-0.4, -0.2) is 27.1 Å². The molecule has 0 unspecified atom stereocenters. The van der Waals surface area contributed by atoms with E-state index in [-0.39, 0.29) is 17.0 Å². The number of aryl methyl sites for hydroxylation is 1. The number of nitrogens with one attached hydrogen (secondary N) is 4. The van der Waals surface area contributed by atoms with Crippen LogP contribution in [0.5, 0.6) is 0 Å². The Labute approximate surface area is 229 Å². The van der Waals surface area contributed by atoms with Crippen LogP contribution in [0.3, 0.4) is 0 Å². The standard InChI is InChI=1S/C29H35ClFN7/c1-9-18-14-32-26-21(25(18)33-16-28(3,4)5)12-19(13-22(26)30)35-27(20-10-11-24(31)34-17(20)2)23-15-38(37-36-23)29(6,7)8/h1,10-15,27,35-37H,16H2,2-8H3,(H,32,33)/t27-/m0/s1. The molecule has 1 aliphatic heterocycles. The number of benzene rings is 1. The third kappa shape index (κ3) is 5.95. The Hall–Kier alpha value is -3.54. The molecule has 0 fully saturated rings. The smallest absolute Gasteiger partial charge is 0.213 e. The molecular weight excluding hydrogens is 501 g/mol. The van der Waals surface area contributed by atoms with Crippen molar-refractivity contribution < 1.29 is 4.39 Å². The molecule has 0 amide bonds. The molecular formula is C29H35ClFN7. The summed E-state index contributed by atoms with van der Waals surface area (Å²) in [6, 6.07) is 6.56. The molecule has 0 aliphatic carbocycles. The number of nitrogens with zero attached hydrogens (tertiary/aromatic N) is 3. The summed E-state index contributed by atoms with van der Waals surface area (Å²) >= 11 is 6.75. The molecule has 1 atom stereocenters. The fourth-order valence-corrected chi connectivity index (χ4v) is 4.44. The lowest BCUT2D eigenvalue weighted by Crippen LogP contribution is -2.47. The van der Waals surface area contributed by atoms with Crippen LogP contribution in [0.2, 0.25) is 5.02 Å². The second-order valence-electron chi connectivity index (χ2n) is 11.7. The van der Waals surface area contributed by atoms with E-state index in [0.717, 1.165) is 28.0 Å². The first-order valence-corrected chi connectivity index (χ1v) is 12.9. The fraction of sp³-hybridized carbons (Fsp3) is 0.379. The molecule has 38 heavy (non-hydrogen) atoms. The number of rotatable bonds is 6. The van der Waals surface area contributed by atoms with E-state index >= 15 is 0 Å².